The number of benzene rings is 2. The zero-order chi connectivity index (χ0) is 19.2. The molecule has 1 fully saturated rings. The highest BCUT2D eigenvalue weighted by molar-refractivity contribution is 5.76. The lowest BCUT2D eigenvalue weighted by atomic mass is 9.96. The Morgan fingerprint density at radius 3 is 2.67 bits per heavy atom. The van der Waals surface area contributed by atoms with E-state index in [2.05, 4.69) is 36.1 Å². The maximum absolute atomic E-state index is 11.3. The van der Waals surface area contributed by atoms with Gasteiger partial charge in [-0.25, -0.2) is 0 Å². The van der Waals surface area contributed by atoms with Crippen LogP contribution in [-0.2, 0) is 4.79 Å². The quantitative estimate of drug-likeness (QED) is 0.670. The van der Waals surface area contributed by atoms with Crippen molar-refractivity contribution in [2.24, 2.45) is 0 Å². The molecule has 1 saturated heterocycles. The Kier molecular flexibility index (Phi) is 6.38. The average Bonchev–Trinajstić information content (AvgIpc) is 3.11. The third-order valence-corrected chi connectivity index (χ3v) is 4.98. The van der Waals surface area contributed by atoms with E-state index in [4.69, 9.17) is 9.47 Å². The molecule has 0 saturated carbocycles. The molecule has 0 spiro atoms. The van der Waals surface area contributed by atoms with E-state index < -0.39 is 0 Å². The third kappa shape index (κ3) is 5.25. The lowest BCUT2D eigenvalue weighted by Gasteiger charge is -2.20. The minimum absolute atomic E-state index is 0.182. The molecule has 3 rings (SSSR count). The molecule has 4 nitrogen and oxygen atoms in total. The first-order chi connectivity index (χ1) is 13.0. The number of Topliss-reactive ketones (excluding diaryl/α,β-unsaturated/α-hetero) is 1. The summed E-state index contributed by atoms with van der Waals surface area (Å²) in [5.41, 5.74) is 2.36. The largest absolute Gasteiger partial charge is 0.494 e. The molecule has 144 valence electrons. The van der Waals surface area contributed by atoms with Crippen molar-refractivity contribution in [3.8, 4) is 11.5 Å². The smallest absolute Gasteiger partial charge is 0.130 e. The van der Waals surface area contributed by atoms with Gasteiger partial charge < -0.3 is 19.2 Å². The van der Waals surface area contributed by atoms with Crippen molar-refractivity contribution in [2.45, 2.75) is 45.6 Å². The first-order valence-corrected chi connectivity index (χ1v) is 9.79. The van der Waals surface area contributed by atoms with E-state index in [0.717, 1.165) is 31.0 Å². The molecule has 1 aliphatic rings. The zero-order valence-corrected chi connectivity index (χ0v) is 16.5. The van der Waals surface area contributed by atoms with E-state index in [9.17, 15) is 4.79 Å². The number of ether oxygens (including phenoxy) is 2. The summed E-state index contributed by atoms with van der Waals surface area (Å²) < 4.78 is 11.8. The van der Waals surface area contributed by atoms with Crippen molar-refractivity contribution in [2.75, 3.05) is 24.6 Å². The highest BCUT2D eigenvalue weighted by atomic mass is 16.5. The van der Waals surface area contributed by atoms with Crippen LogP contribution in [0.4, 0.5) is 5.69 Å². The molecular formula is C23H29NO3. The second-order valence-corrected chi connectivity index (χ2v) is 7.28. The van der Waals surface area contributed by atoms with Gasteiger partial charge in [0.05, 0.1) is 13.2 Å². The Hall–Kier alpha value is -2.49. The topological polar surface area (TPSA) is 38.8 Å². The molecule has 27 heavy (non-hydrogen) atoms. The van der Waals surface area contributed by atoms with Gasteiger partial charge in [0.25, 0.3) is 0 Å². The Balaban J connectivity index is 1.56. The summed E-state index contributed by atoms with van der Waals surface area (Å²) >= 11 is 0. The highest BCUT2D eigenvalue weighted by Crippen LogP contribution is 2.28. The van der Waals surface area contributed by atoms with Gasteiger partial charge >= 0.3 is 0 Å². The lowest BCUT2D eigenvalue weighted by molar-refractivity contribution is -0.117. The number of anilines is 1. The number of nitrogens with zero attached hydrogens (tertiary/aromatic N) is 1. The van der Waals surface area contributed by atoms with Gasteiger partial charge in [-0.2, -0.15) is 0 Å². The fourth-order valence-electron chi connectivity index (χ4n) is 3.61. The van der Waals surface area contributed by atoms with Crippen LogP contribution in [0.1, 0.15) is 45.1 Å². The Labute approximate surface area is 162 Å². The van der Waals surface area contributed by atoms with Gasteiger partial charge in [0, 0.05) is 31.1 Å². The summed E-state index contributed by atoms with van der Waals surface area (Å²) in [7, 11) is 0. The number of hydrogen-bond donors (Lipinski definition) is 0. The molecule has 0 N–H and O–H groups in total. The van der Waals surface area contributed by atoms with E-state index in [0.29, 0.717) is 13.0 Å². The second-order valence-electron chi connectivity index (χ2n) is 7.28. The maximum Gasteiger partial charge on any atom is 0.130 e. The van der Waals surface area contributed by atoms with E-state index >= 15 is 0 Å². The van der Waals surface area contributed by atoms with Gasteiger partial charge in [-0.05, 0) is 49.6 Å². The summed E-state index contributed by atoms with van der Waals surface area (Å²) in [6, 6.07) is 16.4. The fourth-order valence-corrected chi connectivity index (χ4v) is 3.61. The molecule has 0 amide bonds. The first kappa shape index (κ1) is 19.3. The van der Waals surface area contributed by atoms with Crippen molar-refractivity contribution in [3.63, 3.8) is 0 Å². The van der Waals surface area contributed by atoms with Crippen LogP contribution < -0.4 is 14.4 Å². The molecule has 0 aromatic heterocycles. The number of ketones is 1. The maximum atomic E-state index is 11.3. The van der Waals surface area contributed by atoms with E-state index in [1.807, 2.05) is 31.2 Å². The van der Waals surface area contributed by atoms with Gasteiger partial charge in [-0.3, -0.25) is 0 Å². The van der Waals surface area contributed by atoms with Gasteiger partial charge in [0.1, 0.15) is 23.4 Å². The number of hydrogen-bond acceptors (Lipinski definition) is 4. The van der Waals surface area contributed by atoms with Gasteiger partial charge in [0.15, 0.2) is 0 Å². The Morgan fingerprint density at radius 1 is 1.19 bits per heavy atom. The van der Waals surface area contributed by atoms with Crippen molar-refractivity contribution >= 4 is 11.5 Å². The lowest BCUT2D eigenvalue weighted by Crippen LogP contribution is -2.24. The van der Waals surface area contributed by atoms with Crippen molar-refractivity contribution < 1.29 is 14.3 Å². The third-order valence-electron chi connectivity index (χ3n) is 4.98. The standard InChI is InChI=1S/C23H29NO3/c1-4-26-22-7-5-6-20(15-22)24-13-12-23(16-24)27-21-10-8-19(9-11-21)17(2)14-18(3)25/h5-11,15,17,23H,4,12-14,16H2,1-3H3/t17-,23+/m1/s1. The summed E-state index contributed by atoms with van der Waals surface area (Å²) in [4.78, 5) is 13.6. The van der Waals surface area contributed by atoms with Gasteiger partial charge in [-0.15, -0.1) is 0 Å². The van der Waals surface area contributed by atoms with Crippen LogP contribution in [0.3, 0.4) is 0 Å². The molecule has 1 aliphatic heterocycles. The number of rotatable bonds is 8. The number of carbonyl (C=O) groups is 1. The van der Waals surface area contributed by atoms with Crippen molar-refractivity contribution in [3.05, 3.63) is 54.1 Å². The van der Waals surface area contributed by atoms with Gasteiger partial charge in [-0.1, -0.05) is 25.1 Å². The van der Waals surface area contributed by atoms with E-state index in [-0.39, 0.29) is 17.8 Å². The predicted molar refractivity (Wildman–Crippen MR) is 109 cm³/mol. The Morgan fingerprint density at radius 2 is 1.96 bits per heavy atom. The predicted octanol–water partition coefficient (Wildman–Crippen LogP) is 4.83. The summed E-state index contributed by atoms with van der Waals surface area (Å²) in [5.74, 6) is 2.27. The summed E-state index contributed by atoms with van der Waals surface area (Å²) in [6.07, 6.45) is 1.76. The molecule has 2 aromatic rings. The van der Waals surface area contributed by atoms with Crippen LogP contribution in [0, 0.1) is 0 Å². The second kappa shape index (κ2) is 8.94. The molecule has 0 aliphatic carbocycles. The first-order valence-electron chi connectivity index (χ1n) is 9.79. The SMILES string of the molecule is CCOc1cccc(N2CC[C@H](Oc3ccc([C@H](C)CC(C)=O)cc3)C2)c1. The molecule has 4 heteroatoms. The summed E-state index contributed by atoms with van der Waals surface area (Å²) in [5, 5.41) is 0. The molecular weight excluding hydrogens is 338 g/mol. The number of carbonyl (C=O) groups excluding carboxylic acids is 1. The molecule has 0 radical (unpaired) electrons. The fraction of sp³-hybridized carbons (Fsp3) is 0.435. The van der Waals surface area contributed by atoms with Gasteiger partial charge in [0.2, 0.25) is 0 Å². The summed E-state index contributed by atoms with van der Waals surface area (Å²) in [6.45, 7) is 8.26. The molecule has 2 atom stereocenters. The van der Waals surface area contributed by atoms with Crippen LogP contribution in [-0.4, -0.2) is 31.6 Å². The normalized spacial score (nSPS) is 17.6. The minimum atomic E-state index is 0.182. The van der Waals surface area contributed by atoms with E-state index in [1.54, 1.807) is 6.92 Å². The van der Waals surface area contributed by atoms with Crippen LogP contribution in [0.25, 0.3) is 0 Å². The highest BCUT2D eigenvalue weighted by Gasteiger charge is 2.24. The van der Waals surface area contributed by atoms with Crippen LogP contribution in [0.5, 0.6) is 11.5 Å². The average molecular weight is 367 g/mol. The van der Waals surface area contributed by atoms with Crippen LogP contribution >= 0.6 is 0 Å². The van der Waals surface area contributed by atoms with Crippen LogP contribution in [0.15, 0.2) is 48.5 Å². The molecule has 1 heterocycles. The monoisotopic (exact) mass is 367 g/mol. The minimum Gasteiger partial charge on any atom is -0.494 e. The molecule has 2 aromatic carbocycles. The molecule has 0 unspecified atom stereocenters. The van der Waals surface area contributed by atoms with Crippen molar-refractivity contribution in [1.82, 2.24) is 0 Å². The molecule has 0 bridgehead atoms. The van der Waals surface area contributed by atoms with Crippen LogP contribution in [0.2, 0.25) is 0 Å². The van der Waals surface area contributed by atoms with Crippen molar-refractivity contribution in [1.29, 1.82) is 0 Å². The zero-order valence-electron chi connectivity index (χ0n) is 16.5. The Bertz CT molecular complexity index is 756. The van der Waals surface area contributed by atoms with E-state index in [1.165, 1.54) is 11.3 Å².